The summed E-state index contributed by atoms with van der Waals surface area (Å²) in [5, 5.41) is 3.36. The van der Waals surface area contributed by atoms with Gasteiger partial charge in [0.05, 0.1) is 13.0 Å². The van der Waals surface area contributed by atoms with E-state index in [1.807, 2.05) is 24.3 Å². The number of rotatable bonds is 11. The molecule has 0 bridgehead atoms. The van der Waals surface area contributed by atoms with Gasteiger partial charge in [-0.25, -0.2) is 0 Å². The Kier molecular flexibility index (Phi) is 10.4. The van der Waals surface area contributed by atoms with Crippen LogP contribution in [-0.4, -0.2) is 48.9 Å². The Bertz CT molecular complexity index is 590. The van der Waals surface area contributed by atoms with Crippen LogP contribution in [0.3, 0.4) is 0 Å². The predicted molar refractivity (Wildman–Crippen MR) is 101 cm³/mol. The molecule has 0 fully saturated rings. The fourth-order valence-corrected chi connectivity index (χ4v) is 2.57. The van der Waals surface area contributed by atoms with Gasteiger partial charge in [-0.15, -0.1) is 0 Å². The smallest absolute Gasteiger partial charge is 0.307 e. The number of hydrogen-bond donors (Lipinski definition) is 1. The highest BCUT2D eigenvalue weighted by atomic mass is 35.5. The Morgan fingerprint density at radius 3 is 2.42 bits per heavy atom. The summed E-state index contributed by atoms with van der Waals surface area (Å²) in [6.07, 6.45) is 2.01. The standard InChI is InChI=1S/C19H27ClN2O4/c1-3-26-19(25)11-13-22(14-12-21-15(2)23)18(24)6-4-5-16-7-9-17(20)10-8-16/h7-10H,3-6,11-14H2,1-2H3,(H,21,23). The van der Waals surface area contributed by atoms with Gasteiger partial charge in [0.15, 0.2) is 0 Å². The van der Waals surface area contributed by atoms with Crippen LogP contribution in [-0.2, 0) is 25.5 Å². The minimum atomic E-state index is -0.328. The van der Waals surface area contributed by atoms with Crippen LogP contribution in [0.15, 0.2) is 24.3 Å². The third kappa shape index (κ3) is 9.42. The largest absolute Gasteiger partial charge is 0.466 e. The second-order valence-electron chi connectivity index (χ2n) is 5.90. The molecule has 0 spiro atoms. The molecule has 1 rings (SSSR count). The molecule has 144 valence electrons. The van der Waals surface area contributed by atoms with Crippen molar-refractivity contribution in [3.05, 3.63) is 34.9 Å². The minimum Gasteiger partial charge on any atom is -0.466 e. The van der Waals surface area contributed by atoms with Gasteiger partial charge < -0.3 is 15.0 Å². The van der Waals surface area contributed by atoms with Gasteiger partial charge in [0.25, 0.3) is 0 Å². The Morgan fingerprint density at radius 2 is 1.81 bits per heavy atom. The van der Waals surface area contributed by atoms with Crippen LogP contribution in [0.25, 0.3) is 0 Å². The number of aryl methyl sites for hydroxylation is 1. The van der Waals surface area contributed by atoms with Crippen LogP contribution in [0.4, 0.5) is 0 Å². The summed E-state index contributed by atoms with van der Waals surface area (Å²) in [6, 6.07) is 7.56. The summed E-state index contributed by atoms with van der Waals surface area (Å²) >= 11 is 5.86. The molecule has 1 aromatic carbocycles. The van der Waals surface area contributed by atoms with Crippen molar-refractivity contribution in [3.63, 3.8) is 0 Å². The van der Waals surface area contributed by atoms with E-state index < -0.39 is 0 Å². The Morgan fingerprint density at radius 1 is 1.12 bits per heavy atom. The first-order valence-corrected chi connectivity index (χ1v) is 9.22. The zero-order valence-corrected chi connectivity index (χ0v) is 16.2. The first kappa shape index (κ1) is 22.0. The van der Waals surface area contributed by atoms with E-state index in [0.717, 1.165) is 12.0 Å². The first-order valence-electron chi connectivity index (χ1n) is 8.84. The number of amides is 2. The number of esters is 1. The molecule has 0 aromatic heterocycles. The summed E-state index contributed by atoms with van der Waals surface area (Å²) in [5.41, 5.74) is 1.12. The summed E-state index contributed by atoms with van der Waals surface area (Å²) in [4.78, 5) is 36.6. The normalized spacial score (nSPS) is 10.3. The van der Waals surface area contributed by atoms with Gasteiger partial charge in [0, 0.05) is 38.0 Å². The van der Waals surface area contributed by atoms with Crippen molar-refractivity contribution in [2.75, 3.05) is 26.2 Å². The number of carbonyl (C=O) groups is 3. The van der Waals surface area contributed by atoms with Crippen molar-refractivity contribution in [1.29, 1.82) is 0 Å². The molecular formula is C19H27ClN2O4. The van der Waals surface area contributed by atoms with Crippen LogP contribution in [0.1, 0.15) is 38.7 Å². The highest BCUT2D eigenvalue weighted by Gasteiger charge is 2.15. The summed E-state index contributed by atoms with van der Waals surface area (Å²) in [7, 11) is 0. The fourth-order valence-electron chi connectivity index (χ4n) is 2.44. The monoisotopic (exact) mass is 382 g/mol. The number of hydrogen-bond acceptors (Lipinski definition) is 4. The van der Waals surface area contributed by atoms with Crippen LogP contribution in [0, 0.1) is 0 Å². The quantitative estimate of drug-likeness (QED) is 0.597. The number of ether oxygens (including phenoxy) is 1. The maximum Gasteiger partial charge on any atom is 0.307 e. The van der Waals surface area contributed by atoms with E-state index in [1.54, 1.807) is 11.8 Å². The SMILES string of the molecule is CCOC(=O)CCN(CCNC(C)=O)C(=O)CCCc1ccc(Cl)cc1. The molecule has 0 radical (unpaired) electrons. The number of nitrogens with zero attached hydrogens (tertiary/aromatic N) is 1. The molecule has 2 amide bonds. The van der Waals surface area contributed by atoms with Crippen LogP contribution >= 0.6 is 11.6 Å². The van der Waals surface area contributed by atoms with Crippen molar-refractivity contribution in [2.24, 2.45) is 0 Å². The molecule has 1 N–H and O–H groups in total. The second kappa shape index (κ2) is 12.3. The molecule has 0 saturated carbocycles. The van der Waals surface area contributed by atoms with Crippen LogP contribution in [0.2, 0.25) is 5.02 Å². The maximum atomic E-state index is 12.5. The van der Waals surface area contributed by atoms with E-state index in [1.165, 1.54) is 6.92 Å². The van der Waals surface area contributed by atoms with E-state index in [-0.39, 0.29) is 30.7 Å². The summed E-state index contributed by atoms with van der Waals surface area (Å²) < 4.78 is 4.91. The third-order valence-electron chi connectivity index (χ3n) is 3.77. The fraction of sp³-hybridized carbons (Fsp3) is 0.526. The molecule has 6 nitrogen and oxygen atoms in total. The van der Waals surface area contributed by atoms with Crippen molar-refractivity contribution in [2.45, 2.75) is 39.5 Å². The second-order valence-corrected chi connectivity index (χ2v) is 6.34. The van der Waals surface area contributed by atoms with E-state index >= 15 is 0 Å². The lowest BCUT2D eigenvalue weighted by atomic mass is 10.1. The highest BCUT2D eigenvalue weighted by Crippen LogP contribution is 2.12. The van der Waals surface area contributed by atoms with Gasteiger partial charge in [0.2, 0.25) is 11.8 Å². The van der Waals surface area contributed by atoms with Gasteiger partial charge >= 0.3 is 5.97 Å². The molecule has 0 atom stereocenters. The van der Waals surface area contributed by atoms with Crippen molar-refractivity contribution in [1.82, 2.24) is 10.2 Å². The number of carbonyl (C=O) groups excluding carboxylic acids is 3. The minimum absolute atomic E-state index is 0.0337. The van der Waals surface area contributed by atoms with Gasteiger partial charge in [-0.3, -0.25) is 14.4 Å². The maximum absolute atomic E-state index is 12.5. The molecule has 0 aliphatic carbocycles. The molecule has 0 aliphatic rings. The van der Waals surface area contributed by atoms with Gasteiger partial charge in [-0.05, 0) is 37.5 Å². The lowest BCUT2D eigenvalue weighted by Gasteiger charge is -2.22. The molecule has 26 heavy (non-hydrogen) atoms. The molecule has 0 aliphatic heterocycles. The molecule has 0 heterocycles. The van der Waals surface area contributed by atoms with Crippen LogP contribution in [0.5, 0.6) is 0 Å². The number of halogens is 1. The average molecular weight is 383 g/mol. The molecule has 0 unspecified atom stereocenters. The summed E-state index contributed by atoms with van der Waals surface area (Å²) in [5.74, 6) is -0.509. The van der Waals surface area contributed by atoms with E-state index in [9.17, 15) is 14.4 Å². The lowest BCUT2D eigenvalue weighted by molar-refractivity contribution is -0.144. The zero-order chi connectivity index (χ0) is 19.4. The lowest BCUT2D eigenvalue weighted by Crippen LogP contribution is -2.39. The number of benzene rings is 1. The summed E-state index contributed by atoms with van der Waals surface area (Å²) in [6.45, 7) is 4.52. The molecule has 0 saturated heterocycles. The average Bonchev–Trinajstić information content (AvgIpc) is 2.59. The molecule has 7 heteroatoms. The topological polar surface area (TPSA) is 75.7 Å². The zero-order valence-electron chi connectivity index (χ0n) is 15.4. The van der Waals surface area contributed by atoms with Gasteiger partial charge in [0.1, 0.15) is 0 Å². The van der Waals surface area contributed by atoms with E-state index in [2.05, 4.69) is 5.32 Å². The first-order chi connectivity index (χ1) is 12.4. The van der Waals surface area contributed by atoms with E-state index in [0.29, 0.717) is 37.6 Å². The number of nitrogens with one attached hydrogen (secondary N) is 1. The molecular weight excluding hydrogens is 356 g/mol. The van der Waals surface area contributed by atoms with Crippen LogP contribution < -0.4 is 5.32 Å². The van der Waals surface area contributed by atoms with Crippen molar-refractivity contribution >= 4 is 29.4 Å². The van der Waals surface area contributed by atoms with E-state index in [4.69, 9.17) is 16.3 Å². The highest BCUT2D eigenvalue weighted by molar-refractivity contribution is 6.30. The Balaban J connectivity index is 2.47. The van der Waals surface area contributed by atoms with Crippen molar-refractivity contribution in [3.8, 4) is 0 Å². The Hall–Kier alpha value is -2.08. The molecule has 1 aromatic rings. The predicted octanol–water partition coefficient (Wildman–Crippen LogP) is 2.58. The van der Waals surface area contributed by atoms with Gasteiger partial charge in [-0.2, -0.15) is 0 Å². The van der Waals surface area contributed by atoms with Gasteiger partial charge in [-0.1, -0.05) is 23.7 Å². The Labute approximate surface area is 159 Å². The third-order valence-corrected chi connectivity index (χ3v) is 4.02. The van der Waals surface area contributed by atoms with Crippen molar-refractivity contribution < 1.29 is 19.1 Å².